The minimum absolute atomic E-state index is 0. The standard InChI is InChI=1S/C18H26N4O2S.HI/c1-12(24-16-8-6-7-15(9-16)23-5)10-20-18(19-4)21-11-17-13(2)22-14(3)25-17;/h6-9,12H,10-11H2,1-5H3,(H2,19,20,21);1H. The van der Waals surface area contributed by atoms with Gasteiger partial charge in [-0.2, -0.15) is 0 Å². The van der Waals surface area contributed by atoms with Gasteiger partial charge >= 0.3 is 0 Å². The summed E-state index contributed by atoms with van der Waals surface area (Å²) in [5, 5.41) is 7.67. The molecule has 1 unspecified atom stereocenters. The largest absolute Gasteiger partial charge is 0.497 e. The summed E-state index contributed by atoms with van der Waals surface area (Å²) in [6.07, 6.45) is -0.0157. The van der Waals surface area contributed by atoms with E-state index in [2.05, 4.69) is 20.6 Å². The number of guanidine groups is 1. The number of hydrogen-bond donors (Lipinski definition) is 2. The van der Waals surface area contributed by atoms with E-state index < -0.39 is 0 Å². The van der Waals surface area contributed by atoms with Crippen molar-refractivity contribution in [2.45, 2.75) is 33.4 Å². The molecular formula is C18H27IN4O2S. The van der Waals surface area contributed by atoms with Crippen LogP contribution in [0.1, 0.15) is 22.5 Å². The quantitative estimate of drug-likeness (QED) is 0.353. The van der Waals surface area contributed by atoms with Gasteiger partial charge in [0.15, 0.2) is 5.96 Å². The molecular weight excluding hydrogens is 463 g/mol. The van der Waals surface area contributed by atoms with Gasteiger partial charge in [0, 0.05) is 18.0 Å². The van der Waals surface area contributed by atoms with E-state index in [1.165, 1.54) is 4.88 Å². The molecule has 0 saturated heterocycles. The second kappa shape index (κ2) is 11.2. The Kier molecular flexibility index (Phi) is 9.71. The highest BCUT2D eigenvalue weighted by molar-refractivity contribution is 14.0. The summed E-state index contributed by atoms with van der Waals surface area (Å²) >= 11 is 1.70. The molecule has 0 fully saturated rings. The van der Waals surface area contributed by atoms with Crippen molar-refractivity contribution in [2.24, 2.45) is 4.99 Å². The molecule has 1 heterocycles. The minimum atomic E-state index is -0.0157. The van der Waals surface area contributed by atoms with Gasteiger partial charge in [-0.3, -0.25) is 4.99 Å². The summed E-state index contributed by atoms with van der Waals surface area (Å²) in [5.74, 6) is 2.31. The first-order chi connectivity index (χ1) is 12.0. The molecule has 0 aliphatic rings. The fourth-order valence-corrected chi connectivity index (χ4v) is 3.19. The molecule has 0 bridgehead atoms. The maximum Gasteiger partial charge on any atom is 0.191 e. The number of aliphatic imine (C=N–C) groups is 1. The lowest BCUT2D eigenvalue weighted by Crippen LogP contribution is -2.41. The van der Waals surface area contributed by atoms with Crippen LogP contribution < -0.4 is 20.1 Å². The first kappa shape index (κ1) is 22.5. The first-order valence-electron chi connectivity index (χ1n) is 8.20. The molecule has 0 spiro atoms. The summed E-state index contributed by atoms with van der Waals surface area (Å²) in [7, 11) is 3.40. The van der Waals surface area contributed by atoms with Gasteiger partial charge in [-0.1, -0.05) is 6.07 Å². The average molecular weight is 490 g/mol. The van der Waals surface area contributed by atoms with Crippen LogP contribution in [-0.2, 0) is 6.54 Å². The molecule has 144 valence electrons. The van der Waals surface area contributed by atoms with Crippen molar-refractivity contribution in [2.75, 3.05) is 20.7 Å². The van der Waals surface area contributed by atoms with Crippen molar-refractivity contribution < 1.29 is 9.47 Å². The molecule has 2 rings (SSSR count). The maximum atomic E-state index is 5.90. The van der Waals surface area contributed by atoms with E-state index in [0.717, 1.165) is 28.2 Å². The molecule has 0 amide bonds. The minimum Gasteiger partial charge on any atom is -0.497 e. The van der Waals surface area contributed by atoms with Crippen molar-refractivity contribution in [1.29, 1.82) is 0 Å². The predicted molar refractivity (Wildman–Crippen MR) is 118 cm³/mol. The summed E-state index contributed by atoms with van der Waals surface area (Å²) in [4.78, 5) is 9.91. The molecule has 0 saturated carbocycles. The summed E-state index contributed by atoms with van der Waals surface area (Å²) < 4.78 is 11.1. The number of aromatic nitrogens is 1. The van der Waals surface area contributed by atoms with Crippen LogP contribution in [-0.4, -0.2) is 37.7 Å². The van der Waals surface area contributed by atoms with Crippen LogP contribution in [0, 0.1) is 13.8 Å². The van der Waals surface area contributed by atoms with Crippen molar-refractivity contribution in [1.82, 2.24) is 15.6 Å². The molecule has 8 heteroatoms. The number of rotatable bonds is 7. The highest BCUT2D eigenvalue weighted by atomic mass is 127. The zero-order valence-electron chi connectivity index (χ0n) is 15.8. The predicted octanol–water partition coefficient (Wildman–Crippen LogP) is 3.52. The SMILES string of the molecule is CN=C(NCc1sc(C)nc1C)NCC(C)Oc1cccc(OC)c1.I. The average Bonchev–Trinajstić information content (AvgIpc) is 2.92. The van der Waals surface area contributed by atoms with E-state index in [1.807, 2.05) is 45.0 Å². The highest BCUT2D eigenvalue weighted by Crippen LogP contribution is 2.20. The molecule has 1 atom stereocenters. The third-order valence-corrected chi connectivity index (χ3v) is 4.65. The molecule has 0 aliphatic heterocycles. The second-order valence-corrected chi connectivity index (χ2v) is 6.94. The van der Waals surface area contributed by atoms with E-state index in [4.69, 9.17) is 9.47 Å². The Morgan fingerprint density at radius 1 is 1.27 bits per heavy atom. The fourth-order valence-electron chi connectivity index (χ4n) is 2.31. The molecule has 2 N–H and O–H groups in total. The number of aryl methyl sites for hydroxylation is 2. The molecule has 2 aromatic rings. The van der Waals surface area contributed by atoms with Crippen molar-refractivity contribution in [3.8, 4) is 11.5 Å². The summed E-state index contributed by atoms with van der Waals surface area (Å²) in [6, 6.07) is 7.60. The maximum absolute atomic E-state index is 5.90. The van der Waals surface area contributed by atoms with E-state index in [0.29, 0.717) is 13.1 Å². The van der Waals surface area contributed by atoms with Gasteiger partial charge in [0.05, 0.1) is 30.9 Å². The smallest absolute Gasteiger partial charge is 0.191 e. The normalized spacial score (nSPS) is 12.1. The number of benzene rings is 1. The van der Waals surface area contributed by atoms with Gasteiger partial charge in [0.2, 0.25) is 0 Å². The van der Waals surface area contributed by atoms with Crippen molar-refractivity contribution in [3.63, 3.8) is 0 Å². The van der Waals surface area contributed by atoms with Gasteiger partial charge in [0.1, 0.15) is 17.6 Å². The van der Waals surface area contributed by atoms with Crippen molar-refractivity contribution >= 4 is 41.3 Å². The van der Waals surface area contributed by atoms with Crippen LogP contribution in [0.2, 0.25) is 0 Å². The number of thiazole rings is 1. The number of ether oxygens (including phenoxy) is 2. The highest BCUT2D eigenvalue weighted by Gasteiger charge is 2.08. The van der Waals surface area contributed by atoms with Gasteiger partial charge in [0.25, 0.3) is 0 Å². The van der Waals surface area contributed by atoms with Gasteiger partial charge in [-0.15, -0.1) is 35.3 Å². The lowest BCUT2D eigenvalue weighted by Gasteiger charge is -2.18. The van der Waals surface area contributed by atoms with E-state index >= 15 is 0 Å². The third-order valence-electron chi connectivity index (χ3n) is 3.58. The monoisotopic (exact) mass is 490 g/mol. The topological polar surface area (TPSA) is 67.8 Å². The van der Waals surface area contributed by atoms with E-state index in [9.17, 15) is 0 Å². The number of halogens is 1. The van der Waals surface area contributed by atoms with Crippen LogP contribution in [0.25, 0.3) is 0 Å². The lowest BCUT2D eigenvalue weighted by atomic mass is 10.3. The molecule has 0 aliphatic carbocycles. The molecule has 0 radical (unpaired) electrons. The Morgan fingerprint density at radius 3 is 2.62 bits per heavy atom. The Hall–Kier alpha value is -1.55. The zero-order valence-corrected chi connectivity index (χ0v) is 19.0. The van der Waals surface area contributed by atoms with Crippen LogP contribution in [0.3, 0.4) is 0 Å². The van der Waals surface area contributed by atoms with Crippen LogP contribution >= 0.6 is 35.3 Å². The summed E-state index contributed by atoms with van der Waals surface area (Å²) in [5.41, 5.74) is 1.07. The van der Waals surface area contributed by atoms with Gasteiger partial charge in [-0.25, -0.2) is 4.98 Å². The number of methoxy groups -OCH3 is 1. The number of nitrogens with zero attached hydrogens (tertiary/aromatic N) is 2. The zero-order chi connectivity index (χ0) is 18.2. The molecule has 6 nitrogen and oxygen atoms in total. The molecule has 1 aromatic heterocycles. The number of hydrogen-bond acceptors (Lipinski definition) is 5. The van der Waals surface area contributed by atoms with Crippen LogP contribution in [0.5, 0.6) is 11.5 Å². The summed E-state index contributed by atoms with van der Waals surface area (Å²) in [6.45, 7) is 7.41. The van der Waals surface area contributed by atoms with Gasteiger partial charge in [-0.05, 0) is 32.9 Å². The molecule has 1 aromatic carbocycles. The van der Waals surface area contributed by atoms with Crippen molar-refractivity contribution in [3.05, 3.63) is 39.8 Å². The Labute approximate surface area is 176 Å². The Bertz CT molecular complexity index is 721. The Morgan fingerprint density at radius 2 is 2.00 bits per heavy atom. The van der Waals surface area contributed by atoms with E-state index in [-0.39, 0.29) is 30.1 Å². The Balaban J connectivity index is 0.00000338. The third kappa shape index (κ3) is 6.99. The van der Waals surface area contributed by atoms with E-state index in [1.54, 1.807) is 25.5 Å². The number of nitrogens with one attached hydrogen (secondary N) is 2. The van der Waals surface area contributed by atoms with Gasteiger partial charge < -0.3 is 20.1 Å². The second-order valence-electron chi connectivity index (χ2n) is 5.66. The molecule has 26 heavy (non-hydrogen) atoms. The van der Waals surface area contributed by atoms with Crippen LogP contribution in [0.4, 0.5) is 0 Å². The first-order valence-corrected chi connectivity index (χ1v) is 9.01. The fraction of sp³-hybridized carbons (Fsp3) is 0.444. The van der Waals surface area contributed by atoms with Crippen LogP contribution in [0.15, 0.2) is 29.3 Å². The lowest BCUT2D eigenvalue weighted by molar-refractivity contribution is 0.223.